The predicted molar refractivity (Wildman–Crippen MR) is 142 cm³/mol. The van der Waals surface area contributed by atoms with E-state index in [0.29, 0.717) is 24.1 Å². The minimum atomic E-state index is -2.76. The molecule has 3 aromatic rings. The number of allylic oxidation sites excluding steroid dienone is 2. The maximum absolute atomic E-state index is 15.1. The molecule has 0 amide bonds. The van der Waals surface area contributed by atoms with Crippen molar-refractivity contribution in [3.63, 3.8) is 0 Å². The van der Waals surface area contributed by atoms with E-state index in [2.05, 4.69) is 6.92 Å². The number of esters is 1. The lowest BCUT2D eigenvalue weighted by Gasteiger charge is -2.28. The highest BCUT2D eigenvalue weighted by Gasteiger charge is 2.23. The molecule has 0 aliphatic heterocycles. The van der Waals surface area contributed by atoms with E-state index in [1.807, 2.05) is 6.07 Å². The normalized spacial score (nSPS) is 17.5. The molecule has 0 unspecified atom stereocenters. The van der Waals surface area contributed by atoms with Gasteiger partial charge in [0.25, 0.3) is 6.43 Å². The summed E-state index contributed by atoms with van der Waals surface area (Å²) in [5, 5.41) is 0. The van der Waals surface area contributed by atoms with Crippen molar-refractivity contribution in [3.8, 4) is 16.9 Å². The van der Waals surface area contributed by atoms with Crippen molar-refractivity contribution in [1.29, 1.82) is 0 Å². The number of carbonyl (C=O) groups is 1. The SMILES string of the molecule is CCCC1CCC(c2ccc(-c3ccc(C(=O)Oc4cc(F)c(CC=CC(F)F)c(F)c4)c(F)c3)c(F)c2)CC1. The molecular weight excluding hydrogens is 530 g/mol. The summed E-state index contributed by atoms with van der Waals surface area (Å²) in [5.74, 6) is -4.39. The van der Waals surface area contributed by atoms with Gasteiger partial charge in [0.05, 0.1) is 5.56 Å². The molecular formula is C32H30F6O2. The van der Waals surface area contributed by atoms with Crippen molar-refractivity contribution in [2.45, 2.75) is 64.2 Å². The van der Waals surface area contributed by atoms with Gasteiger partial charge in [0.2, 0.25) is 0 Å². The zero-order chi connectivity index (χ0) is 28.8. The van der Waals surface area contributed by atoms with Crippen molar-refractivity contribution < 1.29 is 35.9 Å². The van der Waals surface area contributed by atoms with E-state index in [1.54, 1.807) is 6.07 Å². The third-order valence-corrected chi connectivity index (χ3v) is 7.44. The molecule has 4 rings (SSSR count). The smallest absolute Gasteiger partial charge is 0.346 e. The highest BCUT2D eigenvalue weighted by Crippen LogP contribution is 2.38. The summed E-state index contributed by atoms with van der Waals surface area (Å²) >= 11 is 0. The molecule has 0 N–H and O–H groups in total. The minimum absolute atomic E-state index is 0.183. The highest BCUT2D eigenvalue weighted by atomic mass is 19.3. The third kappa shape index (κ3) is 7.14. The van der Waals surface area contributed by atoms with Crippen LogP contribution in [0, 0.1) is 29.2 Å². The molecule has 0 radical (unpaired) electrons. The van der Waals surface area contributed by atoms with E-state index in [-0.39, 0.29) is 11.1 Å². The minimum Gasteiger partial charge on any atom is -0.423 e. The first kappa shape index (κ1) is 29.4. The maximum atomic E-state index is 15.1. The first-order valence-corrected chi connectivity index (χ1v) is 13.4. The van der Waals surface area contributed by atoms with Gasteiger partial charge in [0.15, 0.2) is 0 Å². The molecule has 0 aromatic heterocycles. The van der Waals surface area contributed by atoms with Crippen LogP contribution in [0.3, 0.4) is 0 Å². The van der Waals surface area contributed by atoms with Gasteiger partial charge in [-0.15, -0.1) is 0 Å². The van der Waals surface area contributed by atoms with Crippen molar-refractivity contribution in [3.05, 3.63) is 101 Å². The van der Waals surface area contributed by atoms with Gasteiger partial charge in [-0.1, -0.05) is 44.0 Å². The maximum Gasteiger partial charge on any atom is 0.346 e. The molecule has 212 valence electrons. The molecule has 0 atom stereocenters. The average molecular weight is 561 g/mol. The molecule has 1 aliphatic carbocycles. The van der Waals surface area contributed by atoms with Crippen molar-refractivity contribution in [2.75, 3.05) is 0 Å². The summed E-state index contributed by atoms with van der Waals surface area (Å²) in [6.07, 6.45) is 4.91. The average Bonchev–Trinajstić information content (AvgIpc) is 2.90. The van der Waals surface area contributed by atoms with Gasteiger partial charge in [-0.2, -0.15) is 0 Å². The fraction of sp³-hybridized carbons (Fsp3) is 0.344. The van der Waals surface area contributed by atoms with E-state index in [4.69, 9.17) is 4.74 Å². The molecule has 1 fully saturated rings. The Morgan fingerprint density at radius 3 is 2.20 bits per heavy atom. The monoisotopic (exact) mass is 560 g/mol. The third-order valence-electron chi connectivity index (χ3n) is 7.44. The summed E-state index contributed by atoms with van der Waals surface area (Å²) in [6, 6.07) is 9.88. The topological polar surface area (TPSA) is 26.3 Å². The summed E-state index contributed by atoms with van der Waals surface area (Å²) in [6.45, 7) is 2.18. The number of hydrogen-bond acceptors (Lipinski definition) is 2. The lowest BCUT2D eigenvalue weighted by atomic mass is 9.77. The largest absolute Gasteiger partial charge is 0.423 e. The molecule has 3 aromatic carbocycles. The number of rotatable bonds is 9. The van der Waals surface area contributed by atoms with Gasteiger partial charge in [-0.3, -0.25) is 0 Å². The van der Waals surface area contributed by atoms with E-state index >= 15 is 4.39 Å². The number of hydrogen-bond donors (Lipinski definition) is 0. The first-order chi connectivity index (χ1) is 19.2. The molecule has 40 heavy (non-hydrogen) atoms. The second kappa shape index (κ2) is 13.2. The van der Waals surface area contributed by atoms with Gasteiger partial charge in [-0.25, -0.2) is 31.1 Å². The van der Waals surface area contributed by atoms with Crippen LogP contribution in [-0.4, -0.2) is 12.4 Å². The first-order valence-electron chi connectivity index (χ1n) is 13.4. The van der Waals surface area contributed by atoms with Crippen LogP contribution in [0.1, 0.15) is 72.9 Å². The van der Waals surface area contributed by atoms with Gasteiger partial charge >= 0.3 is 5.97 Å². The number of ether oxygens (including phenoxy) is 1. The van der Waals surface area contributed by atoms with Gasteiger partial charge in [0.1, 0.15) is 29.0 Å². The van der Waals surface area contributed by atoms with Crippen LogP contribution >= 0.6 is 0 Å². The van der Waals surface area contributed by atoms with Crippen LogP contribution in [0.5, 0.6) is 5.75 Å². The Hall–Kier alpha value is -3.55. The summed E-state index contributed by atoms with van der Waals surface area (Å²) in [5.41, 5.74) is 0.345. The molecule has 2 nitrogen and oxygen atoms in total. The fourth-order valence-electron chi connectivity index (χ4n) is 5.34. The standard InChI is InChI=1S/C32H30F6O2/c1-2-4-19-7-9-20(10-8-19)21-11-13-24(27(33)15-21)22-12-14-26(28(34)16-22)32(39)40-23-17-29(35)25(30(36)18-23)5-3-6-31(37)38/h3,6,11-20,31H,2,4-5,7-10H2,1H3. The number of benzene rings is 3. The zero-order valence-corrected chi connectivity index (χ0v) is 22.0. The molecule has 8 heteroatoms. The summed E-state index contributed by atoms with van der Waals surface area (Å²) < 4.78 is 87.9. The van der Waals surface area contributed by atoms with Crippen LogP contribution in [0.2, 0.25) is 0 Å². The fourth-order valence-corrected chi connectivity index (χ4v) is 5.34. The molecule has 0 heterocycles. The Morgan fingerprint density at radius 2 is 1.60 bits per heavy atom. The van der Waals surface area contributed by atoms with Crippen molar-refractivity contribution >= 4 is 5.97 Å². The Morgan fingerprint density at radius 1 is 0.900 bits per heavy atom. The highest BCUT2D eigenvalue weighted by molar-refractivity contribution is 5.92. The Kier molecular flexibility index (Phi) is 9.71. The van der Waals surface area contributed by atoms with Crippen LogP contribution in [0.25, 0.3) is 11.1 Å². The summed E-state index contributed by atoms with van der Waals surface area (Å²) in [4.78, 5) is 12.5. The quantitative estimate of drug-likeness (QED) is 0.113. The van der Waals surface area contributed by atoms with E-state index < -0.39 is 59.0 Å². The zero-order valence-electron chi connectivity index (χ0n) is 22.0. The second-order valence-electron chi connectivity index (χ2n) is 10.2. The molecule has 0 bridgehead atoms. The molecule has 0 spiro atoms. The molecule has 1 aliphatic rings. The number of halogens is 6. The Labute approximate surface area is 229 Å². The van der Waals surface area contributed by atoms with E-state index in [9.17, 15) is 26.7 Å². The van der Waals surface area contributed by atoms with Crippen LogP contribution in [-0.2, 0) is 6.42 Å². The van der Waals surface area contributed by atoms with Gasteiger partial charge in [-0.05, 0) is 79.3 Å². The predicted octanol–water partition coefficient (Wildman–Crippen LogP) is 9.57. The second-order valence-corrected chi connectivity index (χ2v) is 10.2. The van der Waals surface area contributed by atoms with Gasteiger partial charge < -0.3 is 4.74 Å². The lowest BCUT2D eigenvalue weighted by Crippen LogP contribution is -2.13. The number of alkyl halides is 2. The van der Waals surface area contributed by atoms with E-state index in [0.717, 1.165) is 55.4 Å². The van der Waals surface area contributed by atoms with Crippen molar-refractivity contribution in [2.24, 2.45) is 5.92 Å². The van der Waals surface area contributed by atoms with Crippen LogP contribution < -0.4 is 4.74 Å². The van der Waals surface area contributed by atoms with Crippen LogP contribution in [0.15, 0.2) is 60.7 Å². The van der Waals surface area contributed by atoms with E-state index in [1.165, 1.54) is 25.0 Å². The van der Waals surface area contributed by atoms with Crippen molar-refractivity contribution in [1.82, 2.24) is 0 Å². The molecule has 1 saturated carbocycles. The molecule has 0 saturated heterocycles. The number of carbonyl (C=O) groups excluding carboxylic acids is 1. The lowest BCUT2D eigenvalue weighted by molar-refractivity contribution is 0.0729. The van der Waals surface area contributed by atoms with Gasteiger partial charge in [0, 0.05) is 23.3 Å². The Bertz CT molecular complexity index is 1350. The Balaban J connectivity index is 1.45. The summed E-state index contributed by atoms with van der Waals surface area (Å²) in [7, 11) is 0. The van der Waals surface area contributed by atoms with Crippen LogP contribution in [0.4, 0.5) is 26.3 Å².